The van der Waals surface area contributed by atoms with Crippen molar-refractivity contribution in [3.8, 4) is 17.0 Å². The number of anilines is 2. The van der Waals surface area contributed by atoms with Crippen molar-refractivity contribution in [2.45, 2.75) is 13.3 Å². The fraction of sp³-hybridized carbons (Fsp3) is 0.174. The first-order valence-corrected chi connectivity index (χ1v) is 9.81. The molecule has 8 heteroatoms. The summed E-state index contributed by atoms with van der Waals surface area (Å²) in [5, 5.41) is 5.90. The summed E-state index contributed by atoms with van der Waals surface area (Å²) in [6, 6.07) is 12.3. The van der Waals surface area contributed by atoms with Crippen LogP contribution in [-0.2, 0) is 4.79 Å². The zero-order chi connectivity index (χ0) is 21.8. The number of fused-ring (bicyclic) bond motifs is 1. The molecule has 0 aliphatic rings. The highest BCUT2D eigenvalue weighted by molar-refractivity contribution is 5.91. The molecule has 2 aromatic carbocycles. The van der Waals surface area contributed by atoms with E-state index in [9.17, 15) is 9.18 Å². The second-order valence-corrected chi connectivity index (χ2v) is 7.05. The third kappa shape index (κ3) is 4.48. The van der Waals surface area contributed by atoms with Crippen LogP contribution in [0.2, 0.25) is 0 Å². The number of nitrogens with one attached hydrogen (secondary N) is 2. The smallest absolute Gasteiger partial charge is 0.226 e. The van der Waals surface area contributed by atoms with Crippen LogP contribution in [0.15, 0.2) is 61.1 Å². The van der Waals surface area contributed by atoms with Crippen molar-refractivity contribution in [2.24, 2.45) is 0 Å². The van der Waals surface area contributed by atoms with Gasteiger partial charge in [-0.05, 0) is 36.8 Å². The monoisotopic (exact) mass is 419 g/mol. The maximum absolute atomic E-state index is 14.0. The summed E-state index contributed by atoms with van der Waals surface area (Å²) in [7, 11) is 1.61. The molecule has 0 atom stereocenters. The number of methoxy groups -OCH3 is 1. The van der Waals surface area contributed by atoms with Crippen molar-refractivity contribution in [3.05, 3.63) is 72.4 Å². The van der Waals surface area contributed by atoms with Crippen LogP contribution in [-0.4, -0.2) is 33.9 Å². The quantitative estimate of drug-likeness (QED) is 0.467. The maximum Gasteiger partial charge on any atom is 0.226 e. The number of amides is 1. The molecule has 0 aliphatic heterocycles. The summed E-state index contributed by atoms with van der Waals surface area (Å²) in [4.78, 5) is 21.1. The summed E-state index contributed by atoms with van der Waals surface area (Å²) >= 11 is 0. The van der Waals surface area contributed by atoms with Gasteiger partial charge in [0.05, 0.1) is 19.0 Å². The van der Waals surface area contributed by atoms with E-state index in [1.807, 2.05) is 28.7 Å². The van der Waals surface area contributed by atoms with Gasteiger partial charge in [-0.1, -0.05) is 18.2 Å². The zero-order valence-electron chi connectivity index (χ0n) is 17.2. The number of carbonyl (C=O) groups excluding carboxylic acids is 1. The highest BCUT2D eigenvalue weighted by Gasteiger charge is 2.15. The summed E-state index contributed by atoms with van der Waals surface area (Å²) in [5.41, 5.74) is 3.24. The standard InChI is InChI=1S/C23H22FN5O2/c1-15-6-7-19(18(24)12-15)27-21(30)8-9-26-23-22(16-4-3-5-17(13-16)31-2)28-20-14-25-10-11-29(20)23/h3-7,10-14,26H,8-9H2,1-2H3,(H,27,30). The Kier molecular flexibility index (Phi) is 5.79. The van der Waals surface area contributed by atoms with Gasteiger partial charge in [0.25, 0.3) is 0 Å². The molecule has 0 saturated heterocycles. The van der Waals surface area contributed by atoms with Crippen LogP contribution in [0.3, 0.4) is 0 Å². The normalized spacial score (nSPS) is 10.8. The molecule has 2 N–H and O–H groups in total. The van der Waals surface area contributed by atoms with E-state index in [-0.39, 0.29) is 18.0 Å². The molecule has 0 spiro atoms. The molecule has 0 aliphatic carbocycles. The number of aromatic nitrogens is 3. The second-order valence-electron chi connectivity index (χ2n) is 7.05. The van der Waals surface area contributed by atoms with Crippen molar-refractivity contribution in [2.75, 3.05) is 24.3 Å². The molecule has 0 bridgehead atoms. The maximum atomic E-state index is 14.0. The predicted octanol–water partition coefficient (Wildman–Crippen LogP) is 4.29. The molecular weight excluding hydrogens is 397 g/mol. The van der Waals surface area contributed by atoms with Crippen LogP contribution >= 0.6 is 0 Å². The van der Waals surface area contributed by atoms with Gasteiger partial charge >= 0.3 is 0 Å². The van der Waals surface area contributed by atoms with Gasteiger partial charge in [-0.25, -0.2) is 9.37 Å². The van der Waals surface area contributed by atoms with Crippen molar-refractivity contribution in [1.82, 2.24) is 14.4 Å². The summed E-state index contributed by atoms with van der Waals surface area (Å²) < 4.78 is 21.2. The van der Waals surface area contributed by atoms with Gasteiger partial charge in [-0.15, -0.1) is 0 Å². The van der Waals surface area contributed by atoms with Crippen molar-refractivity contribution in [3.63, 3.8) is 0 Å². The molecule has 2 aromatic heterocycles. The number of nitrogens with zero attached hydrogens (tertiary/aromatic N) is 3. The lowest BCUT2D eigenvalue weighted by atomic mass is 10.1. The third-order valence-electron chi connectivity index (χ3n) is 4.82. The van der Waals surface area contributed by atoms with E-state index in [0.29, 0.717) is 12.2 Å². The summed E-state index contributed by atoms with van der Waals surface area (Å²) in [6.07, 6.45) is 5.29. The van der Waals surface area contributed by atoms with E-state index in [0.717, 1.165) is 28.4 Å². The van der Waals surface area contributed by atoms with Crippen molar-refractivity contribution in [1.29, 1.82) is 0 Å². The Morgan fingerprint density at radius 1 is 1.23 bits per heavy atom. The van der Waals surface area contributed by atoms with Gasteiger partial charge in [-0.2, -0.15) is 0 Å². The minimum atomic E-state index is -0.448. The van der Waals surface area contributed by atoms with E-state index in [2.05, 4.69) is 20.6 Å². The first kappa shape index (κ1) is 20.3. The fourth-order valence-electron chi connectivity index (χ4n) is 3.28. The predicted molar refractivity (Wildman–Crippen MR) is 118 cm³/mol. The van der Waals surface area contributed by atoms with E-state index in [1.165, 1.54) is 6.07 Å². The number of ether oxygens (including phenoxy) is 1. The Morgan fingerprint density at radius 2 is 2.10 bits per heavy atom. The van der Waals surface area contributed by atoms with Crippen molar-refractivity contribution < 1.29 is 13.9 Å². The third-order valence-corrected chi connectivity index (χ3v) is 4.82. The first-order chi connectivity index (χ1) is 15.0. The van der Waals surface area contributed by atoms with Gasteiger partial charge in [0.1, 0.15) is 23.1 Å². The number of imidazole rings is 1. The van der Waals surface area contributed by atoms with E-state index in [4.69, 9.17) is 4.74 Å². The molecular formula is C23H22FN5O2. The van der Waals surface area contributed by atoms with Crippen molar-refractivity contribution >= 4 is 23.1 Å². The Labute approximate surface area is 178 Å². The average molecular weight is 419 g/mol. The topological polar surface area (TPSA) is 80.6 Å². The molecule has 0 fully saturated rings. The van der Waals surface area contributed by atoms with Gasteiger partial charge in [-0.3, -0.25) is 14.2 Å². The van der Waals surface area contributed by atoms with E-state index >= 15 is 0 Å². The number of benzene rings is 2. The SMILES string of the molecule is COc1cccc(-c2nc3cnccn3c2NCCC(=O)Nc2ccc(C)cc2F)c1. The lowest BCUT2D eigenvalue weighted by molar-refractivity contribution is -0.116. The molecule has 158 valence electrons. The Balaban J connectivity index is 1.52. The highest BCUT2D eigenvalue weighted by atomic mass is 19.1. The van der Waals surface area contributed by atoms with Gasteiger partial charge in [0.2, 0.25) is 5.91 Å². The Morgan fingerprint density at radius 3 is 2.90 bits per heavy atom. The number of hydrogen-bond donors (Lipinski definition) is 2. The molecule has 1 amide bonds. The largest absolute Gasteiger partial charge is 0.497 e. The first-order valence-electron chi connectivity index (χ1n) is 9.81. The van der Waals surface area contributed by atoms with Gasteiger partial charge in [0.15, 0.2) is 5.65 Å². The van der Waals surface area contributed by atoms with Crippen LogP contribution < -0.4 is 15.4 Å². The fourth-order valence-corrected chi connectivity index (χ4v) is 3.28. The average Bonchev–Trinajstić information content (AvgIpc) is 3.14. The molecule has 31 heavy (non-hydrogen) atoms. The zero-order valence-corrected chi connectivity index (χ0v) is 17.2. The van der Waals surface area contributed by atoms with Crippen LogP contribution in [0, 0.1) is 12.7 Å². The molecule has 4 aromatic rings. The number of halogens is 1. The molecule has 4 rings (SSSR count). The molecule has 0 saturated carbocycles. The van der Waals surface area contributed by atoms with Gasteiger partial charge in [0, 0.05) is 30.9 Å². The number of carbonyl (C=O) groups is 1. The lowest BCUT2D eigenvalue weighted by Crippen LogP contribution is -2.17. The van der Waals surface area contributed by atoms with Crippen LogP contribution in [0.25, 0.3) is 16.9 Å². The molecule has 0 radical (unpaired) electrons. The highest BCUT2D eigenvalue weighted by Crippen LogP contribution is 2.30. The number of aryl methyl sites for hydroxylation is 1. The molecule has 7 nitrogen and oxygen atoms in total. The minimum absolute atomic E-state index is 0.156. The number of hydrogen-bond acceptors (Lipinski definition) is 5. The van der Waals surface area contributed by atoms with Crippen LogP contribution in [0.5, 0.6) is 5.75 Å². The minimum Gasteiger partial charge on any atom is -0.497 e. The second kappa shape index (κ2) is 8.83. The van der Waals surface area contributed by atoms with Gasteiger partial charge < -0.3 is 15.4 Å². The van der Waals surface area contributed by atoms with E-state index in [1.54, 1.807) is 44.8 Å². The summed E-state index contributed by atoms with van der Waals surface area (Å²) in [5.74, 6) is 0.725. The number of rotatable bonds is 7. The van der Waals surface area contributed by atoms with E-state index < -0.39 is 5.82 Å². The lowest BCUT2D eigenvalue weighted by Gasteiger charge is -2.10. The van der Waals surface area contributed by atoms with Crippen LogP contribution in [0.1, 0.15) is 12.0 Å². The Hall–Kier alpha value is -3.94. The Bertz CT molecular complexity index is 1240. The molecule has 2 heterocycles. The summed E-state index contributed by atoms with van der Waals surface area (Å²) in [6.45, 7) is 2.14. The van der Waals surface area contributed by atoms with Crippen LogP contribution in [0.4, 0.5) is 15.9 Å². The molecule has 0 unspecified atom stereocenters.